The first kappa shape index (κ1) is 12.4. The molecule has 2 aliphatic rings. The summed E-state index contributed by atoms with van der Waals surface area (Å²) >= 11 is 0. The van der Waals surface area contributed by atoms with E-state index in [0.717, 1.165) is 12.0 Å². The Kier molecular flexibility index (Phi) is 4.29. The Hall–Kier alpha value is -0.0400. The molecule has 0 radical (unpaired) electrons. The third-order valence-electron chi connectivity index (χ3n) is 5.40. The van der Waals surface area contributed by atoms with Crippen LogP contribution < -0.4 is 5.32 Å². The molecule has 1 unspecified atom stereocenters. The number of nitrogens with one attached hydrogen (secondary N) is 1. The zero-order chi connectivity index (χ0) is 11.4. The third-order valence-corrected chi connectivity index (χ3v) is 5.40. The second kappa shape index (κ2) is 5.53. The summed E-state index contributed by atoms with van der Waals surface area (Å²) in [5.41, 5.74) is 0.650. The highest BCUT2D eigenvalue weighted by atomic mass is 14.9. The van der Waals surface area contributed by atoms with Crippen molar-refractivity contribution in [1.82, 2.24) is 5.32 Å². The van der Waals surface area contributed by atoms with Gasteiger partial charge in [-0.25, -0.2) is 0 Å². The lowest BCUT2D eigenvalue weighted by Crippen LogP contribution is -2.47. The van der Waals surface area contributed by atoms with E-state index < -0.39 is 0 Å². The minimum absolute atomic E-state index is 0.650. The molecule has 0 amide bonds. The van der Waals surface area contributed by atoms with Crippen molar-refractivity contribution in [3.05, 3.63) is 0 Å². The van der Waals surface area contributed by atoms with E-state index in [2.05, 4.69) is 19.3 Å². The predicted octanol–water partition coefficient (Wildman–Crippen LogP) is 4.13. The van der Waals surface area contributed by atoms with Crippen LogP contribution in [-0.2, 0) is 0 Å². The first-order valence-electron chi connectivity index (χ1n) is 7.49. The Balaban J connectivity index is 2.06. The quantitative estimate of drug-likeness (QED) is 0.756. The Bertz CT molecular complexity index is 199. The SMILES string of the molecule is CCC1(C(NC)C2CCCCC2)CCCC1. The Morgan fingerprint density at radius 3 is 2.19 bits per heavy atom. The molecule has 1 nitrogen and oxygen atoms in total. The summed E-state index contributed by atoms with van der Waals surface area (Å²) in [5.74, 6) is 0.969. The molecule has 1 atom stereocenters. The van der Waals surface area contributed by atoms with Gasteiger partial charge >= 0.3 is 0 Å². The fourth-order valence-electron chi connectivity index (χ4n) is 4.47. The van der Waals surface area contributed by atoms with Crippen molar-refractivity contribution in [3.8, 4) is 0 Å². The van der Waals surface area contributed by atoms with Crippen molar-refractivity contribution in [3.63, 3.8) is 0 Å². The average molecular weight is 223 g/mol. The molecule has 0 spiro atoms. The predicted molar refractivity (Wildman–Crippen MR) is 70.6 cm³/mol. The van der Waals surface area contributed by atoms with Gasteiger partial charge in [0.2, 0.25) is 0 Å². The summed E-state index contributed by atoms with van der Waals surface area (Å²) in [4.78, 5) is 0. The molecule has 2 fully saturated rings. The zero-order valence-electron chi connectivity index (χ0n) is 11.2. The van der Waals surface area contributed by atoms with Crippen LogP contribution in [0.1, 0.15) is 71.1 Å². The molecule has 0 bridgehead atoms. The van der Waals surface area contributed by atoms with E-state index >= 15 is 0 Å². The minimum atomic E-state index is 0.650. The molecular formula is C15H29N. The summed E-state index contributed by atoms with van der Waals surface area (Å²) in [6, 6.07) is 0.806. The number of hydrogen-bond donors (Lipinski definition) is 1. The van der Waals surface area contributed by atoms with Crippen LogP contribution in [0.4, 0.5) is 0 Å². The van der Waals surface area contributed by atoms with E-state index in [-0.39, 0.29) is 0 Å². The molecule has 16 heavy (non-hydrogen) atoms. The molecule has 1 N–H and O–H groups in total. The van der Waals surface area contributed by atoms with Crippen molar-refractivity contribution in [2.24, 2.45) is 11.3 Å². The van der Waals surface area contributed by atoms with Crippen LogP contribution in [0.25, 0.3) is 0 Å². The lowest BCUT2D eigenvalue weighted by atomic mass is 9.67. The Morgan fingerprint density at radius 2 is 1.69 bits per heavy atom. The van der Waals surface area contributed by atoms with Crippen LogP contribution in [0, 0.1) is 11.3 Å². The second-order valence-corrected chi connectivity index (χ2v) is 6.09. The van der Waals surface area contributed by atoms with E-state index in [9.17, 15) is 0 Å². The zero-order valence-corrected chi connectivity index (χ0v) is 11.2. The van der Waals surface area contributed by atoms with Gasteiger partial charge in [-0.15, -0.1) is 0 Å². The molecule has 0 saturated heterocycles. The maximum absolute atomic E-state index is 3.71. The molecule has 2 aliphatic carbocycles. The minimum Gasteiger partial charge on any atom is -0.316 e. The summed E-state index contributed by atoms with van der Waals surface area (Å²) in [6.45, 7) is 2.42. The summed E-state index contributed by atoms with van der Waals surface area (Å²) in [7, 11) is 2.20. The molecule has 94 valence electrons. The van der Waals surface area contributed by atoms with Crippen molar-refractivity contribution in [2.45, 2.75) is 77.2 Å². The van der Waals surface area contributed by atoms with Gasteiger partial charge in [0.05, 0.1) is 0 Å². The van der Waals surface area contributed by atoms with Gasteiger partial charge in [0.25, 0.3) is 0 Å². The highest BCUT2D eigenvalue weighted by Crippen LogP contribution is 2.48. The van der Waals surface area contributed by atoms with Crippen LogP contribution >= 0.6 is 0 Å². The van der Waals surface area contributed by atoms with Gasteiger partial charge in [0.1, 0.15) is 0 Å². The molecule has 2 rings (SSSR count). The Morgan fingerprint density at radius 1 is 1.06 bits per heavy atom. The molecule has 1 heteroatoms. The number of hydrogen-bond acceptors (Lipinski definition) is 1. The van der Waals surface area contributed by atoms with Crippen molar-refractivity contribution >= 4 is 0 Å². The van der Waals surface area contributed by atoms with E-state index in [1.807, 2.05) is 0 Å². The van der Waals surface area contributed by atoms with Gasteiger partial charge in [-0.2, -0.15) is 0 Å². The van der Waals surface area contributed by atoms with Gasteiger partial charge in [-0.1, -0.05) is 39.0 Å². The first-order chi connectivity index (χ1) is 7.82. The fourth-order valence-corrected chi connectivity index (χ4v) is 4.47. The van der Waals surface area contributed by atoms with Crippen LogP contribution in [-0.4, -0.2) is 13.1 Å². The molecule has 0 heterocycles. The summed E-state index contributed by atoms with van der Waals surface area (Å²) in [5, 5.41) is 3.71. The van der Waals surface area contributed by atoms with Crippen LogP contribution in [0.2, 0.25) is 0 Å². The van der Waals surface area contributed by atoms with Crippen LogP contribution in [0.5, 0.6) is 0 Å². The summed E-state index contributed by atoms with van der Waals surface area (Å²) < 4.78 is 0. The van der Waals surface area contributed by atoms with Gasteiger partial charge in [-0.3, -0.25) is 0 Å². The molecular weight excluding hydrogens is 194 g/mol. The molecule has 0 aromatic carbocycles. The first-order valence-corrected chi connectivity index (χ1v) is 7.49. The highest BCUT2D eigenvalue weighted by molar-refractivity contribution is 4.97. The van der Waals surface area contributed by atoms with Crippen molar-refractivity contribution < 1.29 is 0 Å². The lowest BCUT2D eigenvalue weighted by Gasteiger charge is -2.43. The standard InChI is InChI=1S/C15H29N/c1-3-15(11-7-8-12-15)14(16-2)13-9-5-4-6-10-13/h13-14,16H,3-12H2,1-2H3. The van der Waals surface area contributed by atoms with Crippen LogP contribution in [0.3, 0.4) is 0 Å². The second-order valence-electron chi connectivity index (χ2n) is 6.09. The smallest absolute Gasteiger partial charge is 0.0149 e. The fraction of sp³-hybridized carbons (Fsp3) is 1.00. The van der Waals surface area contributed by atoms with Gasteiger partial charge < -0.3 is 5.32 Å². The monoisotopic (exact) mass is 223 g/mol. The van der Waals surface area contributed by atoms with Crippen molar-refractivity contribution in [1.29, 1.82) is 0 Å². The average Bonchev–Trinajstić information content (AvgIpc) is 2.81. The van der Waals surface area contributed by atoms with E-state index in [1.54, 1.807) is 0 Å². The van der Waals surface area contributed by atoms with Gasteiger partial charge in [-0.05, 0) is 50.5 Å². The molecule has 2 saturated carbocycles. The van der Waals surface area contributed by atoms with E-state index in [1.165, 1.54) is 64.2 Å². The molecule has 0 aliphatic heterocycles. The Labute approximate surface area is 101 Å². The van der Waals surface area contributed by atoms with Gasteiger partial charge in [0.15, 0.2) is 0 Å². The maximum atomic E-state index is 3.71. The molecule has 0 aromatic rings. The topological polar surface area (TPSA) is 12.0 Å². The van der Waals surface area contributed by atoms with Gasteiger partial charge in [0, 0.05) is 6.04 Å². The lowest BCUT2D eigenvalue weighted by molar-refractivity contribution is 0.116. The summed E-state index contributed by atoms with van der Waals surface area (Å²) in [6.07, 6.45) is 14.7. The number of rotatable bonds is 4. The maximum Gasteiger partial charge on any atom is 0.0149 e. The van der Waals surface area contributed by atoms with E-state index in [0.29, 0.717) is 5.41 Å². The largest absolute Gasteiger partial charge is 0.316 e. The van der Waals surface area contributed by atoms with Crippen LogP contribution in [0.15, 0.2) is 0 Å². The highest BCUT2D eigenvalue weighted by Gasteiger charge is 2.42. The normalized spacial score (nSPS) is 28.1. The molecule has 0 aromatic heterocycles. The van der Waals surface area contributed by atoms with Crippen molar-refractivity contribution in [2.75, 3.05) is 7.05 Å². The third kappa shape index (κ3) is 2.30. The van der Waals surface area contributed by atoms with E-state index in [4.69, 9.17) is 0 Å².